The minimum Gasteiger partial charge on any atom is -0.386 e. The van der Waals surface area contributed by atoms with Gasteiger partial charge in [0.25, 0.3) is 0 Å². The summed E-state index contributed by atoms with van der Waals surface area (Å²) < 4.78 is 9.49. The van der Waals surface area contributed by atoms with Crippen LogP contribution in [-0.4, -0.2) is 24.6 Å². The summed E-state index contributed by atoms with van der Waals surface area (Å²) in [6.45, 7) is 9.16. The number of rotatable bonds is 5. The zero-order chi connectivity index (χ0) is 11.4. The van der Waals surface area contributed by atoms with Crippen molar-refractivity contribution >= 4 is 11.9 Å². The highest BCUT2D eigenvalue weighted by molar-refractivity contribution is 6.00. The zero-order valence-electron chi connectivity index (χ0n) is 8.75. The van der Waals surface area contributed by atoms with Crippen molar-refractivity contribution in [2.75, 3.05) is 6.61 Å². The molecule has 0 saturated carbocycles. The lowest BCUT2D eigenvalue weighted by Gasteiger charge is -2.04. The smallest absolute Gasteiger partial charge is 0.341 e. The Bertz CT molecular complexity index is 313. The van der Waals surface area contributed by atoms with E-state index < -0.39 is 11.9 Å². The van der Waals surface area contributed by atoms with Crippen molar-refractivity contribution in [1.82, 2.24) is 0 Å². The fourth-order valence-corrected chi connectivity index (χ4v) is 0.915. The van der Waals surface area contributed by atoms with E-state index in [1.807, 2.05) is 0 Å². The Kier molecular flexibility index (Phi) is 3.80. The average Bonchev–Trinajstić information content (AvgIpc) is 2.97. The molecular formula is C11H14O4. The molecule has 1 rings (SSSR count). The van der Waals surface area contributed by atoms with Crippen molar-refractivity contribution in [1.29, 1.82) is 0 Å². The lowest BCUT2D eigenvalue weighted by atomic mass is 10.1. The summed E-state index contributed by atoms with van der Waals surface area (Å²) in [5.41, 5.74) is 0.488. The Morgan fingerprint density at radius 1 is 1.40 bits per heavy atom. The second-order valence-electron chi connectivity index (χ2n) is 3.55. The molecular weight excluding hydrogens is 196 g/mol. The first-order chi connectivity index (χ1) is 7.00. The van der Waals surface area contributed by atoms with Crippen LogP contribution < -0.4 is 0 Å². The molecule has 82 valence electrons. The van der Waals surface area contributed by atoms with E-state index in [2.05, 4.69) is 17.9 Å². The van der Waals surface area contributed by atoms with E-state index in [0.29, 0.717) is 12.0 Å². The van der Waals surface area contributed by atoms with Crippen LogP contribution in [0.2, 0.25) is 0 Å². The largest absolute Gasteiger partial charge is 0.386 e. The number of carbonyl (C=O) groups is 2. The molecule has 1 fully saturated rings. The van der Waals surface area contributed by atoms with E-state index in [1.54, 1.807) is 0 Å². The highest BCUT2D eigenvalue weighted by Crippen LogP contribution is 2.18. The molecule has 1 atom stereocenters. The zero-order valence-corrected chi connectivity index (χ0v) is 8.75. The predicted molar refractivity (Wildman–Crippen MR) is 54.0 cm³/mol. The maximum absolute atomic E-state index is 11.3. The molecule has 0 bridgehead atoms. The highest BCUT2D eigenvalue weighted by Gasteiger charge is 2.23. The van der Waals surface area contributed by atoms with E-state index in [0.717, 1.165) is 13.0 Å². The Morgan fingerprint density at radius 2 is 2.00 bits per heavy atom. The van der Waals surface area contributed by atoms with Gasteiger partial charge in [0.05, 0.1) is 12.7 Å². The van der Waals surface area contributed by atoms with Crippen molar-refractivity contribution in [2.24, 2.45) is 0 Å². The van der Waals surface area contributed by atoms with Gasteiger partial charge in [0.15, 0.2) is 0 Å². The molecule has 15 heavy (non-hydrogen) atoms. The van der Waals surface area contributed by atoms with Gasteiger partial charge in [-0.1, -0.05) is 13.2 Å². The second kappa shape index (κ2) is 4.89. The maximum Gasteiger partial charge on any atom is 0.341 e. The lowest BCUT2D eigenvalue weighted by Crippen LogP contribution is -2.14. The fourth-order valence-electron chi connectivity index (χ4n) is 0.915. The van der Waals surface area contributed by atoms with Gasteiger partial charge in [0, 0.05) is 11.1 Å². The molecule has 0 amide bonds. The van der Waals surface area contributed by atoms with Crippen molar-refractivity contribution in [3.8, 4) is 0 Å². The van der Waals surface area contributed by atoms with Gasteiger partial charge in [-0.2, -0.15) is 0 Å². The summed E-state index contributed by atoms with van der Waals surface area (Å²) in [5, 5.41) is 0. The van der Waals surface area contributed by atoms with Crippen molar-refractivity contribution in [3.05, 3.63) is 24.3 Å². The normalized spacial score (nSPS) is 18.1. The molecule has 0 radical (unpaired) electrons. The summed E-state index contributed by atoms with van der Waals surface area (Å²) in [4.78, 5) is 22.3. The molecule has 1 saturated heterocycles. The van der Waals surface area contributed by atoms with Gasteiger partial charge in [0.2, 0.25) is 0 Å². The van der Waals surface area contributed by atoms with Gasteiger partial charge >= 0.3 is 11.9 Å². The number of ether oxygens (including phenoxy) is 2. The van der Waals surface area contributed by atoms with Crippen LogP contribution in [0.1, 0.15) is 19.8 Å². The van der Waals surface area contributed by atoms with Crippen LogP contribution in [0.25, 0.3) is 0 Å². The topological polar surface area (TPSA) is 55.9 Å². The summed E-state index contributed by atoms with van der Waals surface area (Å²) >= 11 is 0. The van der Waals surface area contributed by atoms with Crippen molar-refractivity contribution in [3.63, 3.8) is 0 Å². The molecule has 0 aromatic heterocycles. The third kappa shape index (κ3) is 4.08. The monoisotopic (exact) mass is 210 g/mol. The fraction of sp³-hybridized carbons (Fsp3) is 0.455. The highest BCUT2D eigenvalue weighted by atomic mass is 16.6. The minimum atomic E-state index is -0.705. The lowest BCUT2D eigenvalue weighted by molar-refractivity contribution is -0.154. The van der Waals surface area contributed by atoms with Gasteiger partial charge < -0.3 is 9.47 Å². The van der Waals surface area contributed by atoms with E-state index in [-0.39, 0.29) is 11.7 Å². The molecule has 1 unspecified atom stereocenters. The summed E-state index contributed by atoms with van der Waals surface area (Å²) in [6, 6.07) is 0. The maximum atomic E-state index is 11.3. The molecule has 4 nitrogen and oxygen atoms in total. The van der Waals surface area contributed by atoms with Crippen molar-refractivity contribution < 1.29 is 19.1 Å². The molecule has 0 N–H and O–H groups in total. The first-order valence-electron chi connectivity index (χ1n) is 4.72. The van der Waals surface area contributed by atoms with Crippen LogP contribution in [0.3, 0.4) is 0 Å². The van der Waals surface area contributed by atoms with Gasteiger partial charge in [0.1, 0.15) is 0 Å². The second-order valence-corrected chi connectivity index (χ2v) is 3.55. The summed E-state index contributed by atoms with van der Waals surface area (Å²) in [7, 11) is 0. The van der Waals surface area contributed by atoms with Crippen LogP contribution in [0, 0.1) is 0 Å². The number of carbonyl (C=O) groups excluding carboxylic acids is 2. The standard InChI is InChI=1S/C11H14O4/c1-7(2)10(12)15-11(13)8(3)4-5-9-6-14-9/h9H,1,3-6H2,2H3. The van der Waals surface area contributed by atoms with Crippen LogP contribution in [0.15, 0.2) is 24.3 Å². The number of hydrogen-bond acceptors (Lipinski definition) is 4. The summed E-state index contributed by atoms with van der Waals surface area (Å²) in [6.07, 6.45) is 1.48. The summed E-state index contributed by atoms with van der Waals surface area (Å²) in [5.74, 6) is -1.38. The molecule has 0 aromatic carbocycles. The quantitative estimate of drug-likeness (QED) is 0.297. The van der Waals surface area contributed by atoms with E-state index in [1.165, 1.54) is 6.92 Å². The molecule has 0 aliphatic carbocycles. The van der Waals surface area contributed by atoms with Gasteiger partial charge in [-0.25, -0.2) is 9.59 Å². The van der Waals surface area contributed by atoms with Crippen molar-refractivity contribution in [2.45, 2.75) is 25.9 Å². The van der Waals surface area contributed by atoms with Crippen LogP contribution in [0.5, 0.6) is 0 Å². The molecule has 1 aliphatic heterocycles. The minimum absolute atomic E-state index is 0.196. The Labute approximate surface area is 88.6 Å². The first-order valence-corrected chi connectivity index (χ1v) is 4.72. The Hall–Kier alpha value is -1.42. The van der Waals surface area contributed by atoms with Crippen LogP contribution in [0.4, 0.5) is 0 Å². The first kappa shape index (κ1) is 11.7. The third-order valence-electron chi connectivity index (χ3n) is 1.99. The van der Waals surface area contributed by atoms with Gasteiger partial charge in [-0.3, -0.25) is 0 Å². The Balaban J connectivity index is 2.28. The van der Waals surface area contributed by atoms with E-state index >= 15 is 0 Å². The van der Waals surface area contributed by atoms with Gasteiger partial charge in [-0.05, 0) is 19.8 Å². The van der Waals surface area contributed by atoms with E-state index in [9.17, 15) is 9.59 Å². The predicted octanol–water partition coefficient (Wildman–Crippen LogP) is 1.37. The molecule has 4 heteroatoms. The van der Waals surface area contributed by atoms with Gasteiger partial charge in [-0.15, -0.1) is 0 Å². The number of epoxide rings is 1. The molecule has 0 aromatic rings. The number of esters is 2. The molecule has 1 heterocycles. The number of hydrogen-bond donors (Lipinski definition) is 0. The molecule has 1 aliphatic rings. The third-order valence-corrected chi connectivity index (χ3v) is 1.99. The average molecular weight is 210 g/mol. The Morgan fingerprint density at radius 3 is 2.47 bits per heavy atom. The molecule has 0 spiro atoms. The SMILES string of the molecule is C=C(C)C(=O)OC(=O)C(=C)CCC1CO1. The van der Waals surface area contributed by atoms with Crippen LogP contribution in [-0.2, 0) is 19.1 Å². The van der Waals surface area contributed by atoms with Crippen LogP contribution >= 0.6 is 0 Å². The van der Waals surface area contributed by atoms with E-state index in [4.69, 9.17) is 4.74 Å².